The van der Waals surface area contributed by atoms with Gasteiger partial charge in [0.2, 0.25) is 11.9 Å². The maximum atomic E-state index is 13.0. The quantitative estimate of drug-likeness (QED) is 0.255. The van der Waals surface area contributed by atoms with E-state index >= 15 is 0 Å². The summed E-state index contributed by atoms with van der Waals surface area (Å²) in [5.41, 5.74) is 0.778. The second-order valence-corrected chi connectivity index (χ2v) is 8.68. The van der Waals surface area contributed by atoms with Gasteiger partial charge < -0.3 is 25.6 Å². The number of carbonyl (C=O) groups is 4. The van der Waals surface area contributed by atoms with Gasteiger partial charge in [-0.15, -0.1) is 0 Å². The molecule has 1 fully saturated rings. The van der Waals surface area contributed by atoms with Crippen LogP contribution < -0.4 is 16.0 Å². The Bertz CT molecular complexity index is 1150. The number of ether oxygens (including phenoxy) is 1. The molecule has 0 saturated carbocycles. The van der Waals surface area contributed by atoms with Crippen molar-refractivity contribution in [1.29, 1.82) is 0 Å². The first-order valence-electron chi connectivity index (χ1n) is 11.8. The summed E-state index contributed by atoms with van der Waals surface area (Å²) in [6.07, 6.45) is 2.53. The lowest BCUT2D eigenvalue weighted by molar-refractivity contribution is -0.151. The van der Waals surface area contributed by atoms with E-state index in [1.54, 1.807) is 50.2 Å². The van der Waals surface area contributed by atoms with Crippen LogP contribution in [0.1, 0.15) is 35.8 Å². The van der Waals surface area contributed by atoms with Gasteiger partial charge in [0.15, 0.2) is 0 Å². The molecule has 11 nitrogen and oxygen atoms in total. The standard InChI is InChI=1S/C25H29ClN6O5/c1-3-37-24(36)18-10-7-11-32(15-18)21(33)14-27-23(35)19(30-22(34)17-8-5-4-6-9-17)13-28-25-29-16(2)12-20(26)31-25/h4-6,8-9,12-13,18H,3,7,10-11,14-15H2,1-2H3,(H,27,35)(H,30,34)(H,28,29,31)/b19-13-. The van der Waals surface area contributed by atoms with E-state index in [0.717, 1.165) is 0 Å². The van der Waals surface area contributed by atoms with Crippen molar-refractivity contribution in [3.63, 3.8) is 0 Å². The van der Waals surface area contributed by atoms with Crippen molar-refractivity contribution in [2.75, 3.05) is 31.6 Å². The molecular formula is C25H29ClN6O5. The summed E-state index contributed by atoms with van der Waals surface area (Å²) in [5, 5.41) is 8.03. The molecule has 1 aliphatic heterocycles. The van der Waals surface area contributed by atoms with Crippen LogP contribution in [0.2, 0.25) is 5.15 Å². The van der Waals surface area contributed by atoms with E-state index in [9.17, 15) is 19.2 Å². The largest absolute Gasteiger partial charge is 0.466 e. The summed E-state index contributed by atoms with van der Waals surface area (Å²) in [6, 6.07) is 9.92. The van der Waals surface area contributed by atoms with Crippen molar-refractivity contribution in [1.82, 2.24) is 25.5 Å². The van der Waals surface area contributed by atoms with Gasteiger partial charge in [0.25, 0.3) is 11.8 Å². The highest BCUT2D eigenvalue weighted by Crippen LogP contribution is 2.18. The van der Waals surface area contributed by atoms with Gasteiger partial charge in [0.1, 0.15) is 10.9 Å². The second-order valence-electron chi connectivity index (χ2n) is 8.29. The molecule has 2 aromatic rings. The fourth-order valence-electron chi connectivity index (χ4n) is 3.69. The van der Waals surface area contributed by atoms with Crippen LogP contribution in [0.5, 0.6) is 0 Å². The molecule has 1 unspecified atom stereocenters. The second kappa shape index (κ2) is 13.4. The predicted molar refractivity (Wildman–Crippen MR) is 136 cm³/mol. The molecule has 0 aliphatic carbocycles. The maximum Gasteiger partial charge on any atom is 0.310 e. The third-order valence-electron chi connectivity index (χ3n) is 5.49. The van der Waals surface area contributed by atoms with E-state index in [2.05, 4.69) is 25.9 Å². The molecule has 1 aromatic heterocycles. The Morgan fingerprint density at radius 3 is 2.65 bits per heavy atom. The topological polar surface area (TPSA) is 143 Å². The third kappa shape index (κ3) is 8.28. The lowest BCUT2D eigenvalue weighted by Gasteiger charge is -2.31. The molecule has 12 heteroatoms. The van der Waals surface area contributed by atoms with Gasteiger partial charge in [-0.05, 0) is 44.9 Å². The fourth-order valence-corrected chi connectivity index (χ4v) is 3.93. The Morgan fingerprint density at radius 1 is 1.19 bits per heavy atom. The van der Waals surface area contributed by atoms with Crippen molar-refractivity contribution >= 4 is 41.2 Å². The lowest BCUT2D eigenvalue weighted by Crippen LogP contribution is -2.47. The number of aryl methyl sites for hydroxylation is 1. The Hall–Kier alpha value is -3.99. The van der Waals surface area contributed by atoms with E-state index in [1.807, 2.05) is 0 Å². The molecule has 0 spiro atoms. The minimum atomic E-state index is -0.706. The van der Waals surface area contributed by atoms with E-state index in [-0.39, 0.29) is 54.3 Å². The molecule has 1 atom stereocenters. The summed E-state index contributed by atoms with van der Waals surface area (Å²) in [4.78, 5) is 60.2. The van der Waals surface area contributed by atoms with Crippen LogP contribution in [0, 0.1) is 12.8 Å². The number of esters is 1. The van der Waals surface area contributed by atoms with Gasteiger partial charge >= 0.3 is 5.97 Å². The number of nitrogens with zero attached hydrogens (tertiary/aromatic N) is 3. The Balaban J connectivity index is 1.68. The zero-order chi connectivity index (χ0) is 26.8. The van der Waals surface area contributed by atoms with Gasteiger partial charge in [-0.3, -0.25) is 19.2 Å². The number of aromatic nitrogens is 2. The number of piperidine rings is 1. The van der Waals surface area contributed by atoms with Crippen LogP contribution in [0.3, 0.4) is 0 Å². The first-order chi connectivity index (χ1) is 17.8. The van der Waals surface area contributed by atoms with Crippen molar-refractivity contribution in [2.24, 2.45) is 5.92 Å². The molecule has 1 aromatic carbocycles. The Kier molecular flexibility index (Phi) is 9.96. The molecule has 1 saturated heterocycles. The number of rotatable bonds is 9. The molecule has 37 heavy (non-hydrogen) atoms. The van der Waals surface area contributed by atoms with Gasteiger partial charge in [-0.1, -0.05) is 29.8 Å². The Labute approximate surface area is 219 Å². The van der Waals surface area contributed by atoms with Gasteiger partial charge in [0.05, 0.1) is 19.1 Å². The molecule has 2 heterocycles. The highest BCUT2D eigenvalue weighted by molar-refractivity contribution is 6.29. The van der Waals surface area contributed by atoms with Crippen LogP contribution in [-0.4, -0.2) is 64.8 Å². The molecule has 196 valence electrons. The minimum Gasteiger partial charge on any atom is -0.466 e. The first-order valence-corrected chi connectivity index (χ1v) is 12.2. The molecular weight excluding hydrogens is 500 g/mol. The Morgan fingerprint density at radius 2 is 1.95 bits per heavy atom. The highest BCUT2D eigenvalue weighted by atomic mass is 35.5. The number of hydrogen-bond donors (Lipinski definition) is 3. The van der Waals surface area contributed by atoms with Crippen LogP contribution in [0.25, 0.3) is 0 Å². The van der Waals surface area contributed by atoms with E-state index < -0.39 is 11.8 Å². The van der Waals surface area contributed by atoms with Gasteiger partial charge in [-0.25, -0.2) is 9.97 Å². The summed E-state index contributed by atoms with van der Waals surface area (Å²) < 4.78 is 5.07. The van der Waals surface area contributed by atoms with Crippen LogP contribution in [0.15, 0.2) is 48.3 Å². The monoisotopic (exact) mass is 528 g/mol. The van der Waals surface area contributed by atoms with Crippen molar-refractivity contribution < 1.29 is 23.9 Å². The number of amides is 3. The summed E-state index contributed by atoms with van der Waals surface area (Å²) in [7, 11) is 0. The summed E-state index contributed by atoms with van der Waals surface area (Å²) in [5.74, 6) is -2.17. The fraction of sp³-hybridized carbons (Fsp3) is 0.360. The molecule has 0 bridgehead atoms. The normalized spacial score (nSPS) is 15.5. The summed E-state index contributed by atoms with van der Waals surface area (Å²) >= 11 is 5.97. The average Bonchev–Trinajstić information content (AvgIpc) is 2.89. The van der Waals surface area contributed by atoms with Crippen LogP contribution in [0.4, 0.5) is 5.95 Å². The van der Waals surface area contributed by atoms with Gasteiger partial charge in [0, 0.05) is 30.5 Å². The minimum absolute atomic E-state index is 0.124. The van der Waals surface area contributed by atoms with Crippen molar-refractivity contribution in [3.8, 4) is 0 Å². The number of anilines is 1. The highest BCUT2D eigenvalue weighted by Gasteiger charge is 2.29. The van der Waals surface area contributed by atoms with E-state index in [0.29, 0.717) is 30.6 Å². The van der Waals surface area contributed by atoms with Crippen molar-refractivity contribution in [3.05, 3.63) is 64.7 Å². The summed E-state index contributed by atoms with van der Waals surface area (Å²) in [6.45, 7) is 4.12. The van der Waals surface area contributed by atoms with Crippen molar-refractivity contribution in [2.45, 2.75) is 26.7 Å². The van der Waals surface area contributed by atoms with E-state index in [1.165, 1.54) is 11.1 Å². The number of halogens is 1. The SMILES string of the molecule is CCOC(=O)C1CCCN(C(=O)CNC(=O)/C(=C/Nc2nc(C)cc(Cl)n2)NC(=O)c2ccccc2)C1. The molecule has 1 aliphatic rings. The first kappa shape index (κ1) is 27.6. The average molecular weight is 529 g/mol. The van der Waals surface area contributed by atoms with E-state index in [4.69, 9.17) is 16.3 Å². The number of carbonyl (C=O) groups excluding carboxylic acids is 4. The number of likely N-dealkylation sites (tertiary alicyclic amines) is 1. The number of hydrogen-bond acceptors (Lipinski definition) is 8. The number of benzene rings is 1. The molecule has 3 rings (SSSR count). The van der Waals surface area contributed by atoms with Crippen LogP contribution >= 0.6 is 11.6 Å². The number of nitrogens with one attached hydrogen (secondary N) is 3. The zero-order valence-electron chi connectivity index (χ0n) is 20.6. The predicted octanol–water partition coefficient (Wildman–Crippen LogP) is 2.04. The molecule has 3 amide bonds. The zero-order valence-corrected chi connectivity index (χ0v) is 21.4. The maximum absolute atomic E-state index is 13.0. The molecule has 0 radical (unpaired) electrons. The molecule has 3 N–H and O–H groups in total. The van der Waals surface area contributed by atoms with Crippen LogP contribution in [-0.2, 0) is 19.1 Å². The third-order valence-corrected chi connectivity index (χ3v) is 5.69. The smallest absolute Gasteiger partial charge is 0.310 e. The lowest BCUT2D eigenvalue weighted by atomic mass is 9.98. The van der Waals surface area contributed by atoms with Gasteiger partial charge in [-0.2, -0.15) is 0 Å².